The lowest BCUT2D eigenvalue weighted by Gasteiger charge is -2.32. The van der Waals surface area contributed by atoms with Crippen molar-refractivity contribution in [1.29, 1.82) is 0 Å². The summed E-state index contributed by atoms with van der Waals surface area (Å²) in [5.41, 5.74) is 0. The first-order valence-corrected chi connectivity index (χ1v) is 7.80. The van der Waals surface area contributed by atoms with E-state index >= 15 is 0 Å². The molecule has 0 bridgehead atoms. The van der Waals surface area contributed by atoms with E-state index in [-0.39, 0.29) is 5.91 Å². The molecule has 0 aliphatic carbocycles. The van der Waals surface area contributed by atoms with Gasteiger partial charge in [0.15, 0.2) is 0 Å². The predicted molar refractivity (Wildman–Crippen MR) is 80.3 cm³/mol. The first kappa shape index (κ1) is 16.4. The molecular weight excluding hydrogens is 238 g/mol. The van der Waals surface area contributed by atoms with Crippen molar-refractivity contribution in [3.05, 3.63) is 0 Å². The lowest BCUT2D eigenvalue weighted by Crippen LogP contribution is -2.44. The standard InChI is InChI=1S/C15H31N3O/c1-4-5-9-18(15(2)19)10-7-6-8-17-13-11-16(3)12-14-17/h4-14H2,1-3H3. The highest BCUT2D eigenvalue weighted by atomic mass is 16.2. The molecule has 4 heteroatoms. The van der Waals surface area contributed by atoms with Crippen molar-refractivity contribution >= 4 is 5.91 Å². The third-order valence-corrected chi connectivity index (χ3v) is 3.98. The van der Waals surface area contributed by atoms with Gasteiger partial charge in [-0.05, 0) is 32.9 Å². The van der Waals surface area contributed by atoms with Crippen LogP contribution in [0.2, 0.25) is 0 Å². The van der Waals surface area contributed by atoms with E-state index in [1.807, 2.05) is 4.90 Å². The van der Waals surface area contributed by atoms with Crippen LogP contribution in [0.1, 0.15) is 39.5 Å². The summed E-state index contributed by atoms with van der Waals surface area (Å²) >= 11 is 0. The van der Waals surface area contributed by atoms with Crippen LogP contribution in [0.3, 0.4) is 0 Å². The molecule has 1 heterocycles. The number of hydrogen-bond donors (Lipinski definition) is 0. The van der Waals surface area contributed by atoms with E-state index in [0.717, 1.165) is 32.4 Å². The maximum Gasteiger partial charge on any atom is 0.219 e. The molecule has 19 heavy (non-hydrogen) atoms. The molecule has 1 fully saturated rings. The SMILES string of the molecule is CCCCN(CCCCN1CCN(C)CC1)C(C)=O. The minimum atomic E-state index is 0.230. The molecule has 0 saturated carbocycles. The summed E-state index contributed by atoms with van der Waals surface area (Å²) in [6.45, 7) is 11.7. The zero-order chi connectivity index (χ0) is 14.1. The number of amides is 1. The van der Waals surface area contributed by atoms with E-state index in [1.165, 1.54) is 39.1 Å². The summed E-state index contributed by atoms with van der Waals surface area (Å²) < 4.78 is 0. The monoisotopic (exact) mass is 269 g/mol. The van der Waals surface area contributed by atoms with E-state index in [0.29, 0.717) is 0 Å². The molecule has 1 saturated heterocycles. The Hall–Kier alpha value is -0.610. The van der Waals surface area contributed by atoms with Crippen molar-refractivity contribution < 1.29 is 4.79 Å². The van der Waals surface area contributed by atoms with Crippen LogP contribution in [0.4, 0.5) is 0 Å². The molecule has 0 spiro atoms. The van der Waals surface area contributed by atoms with Crippen LogP contribution >= 0.6 is 0 Å². The second-order valence-electron chi connectivity index (χ2n) is 5.71. The van der Waals surface area contributed by atoms with Crippen molar-refractivity contribution in [2.75, 3.05) is 52.9 Å². The van der Waals surface area contributed by atoms with Crippen LogP contribution < -0.4 is 0 Å². The predicted octanol–water partition coefficient (Wildman–Crippen LogP) is 1.66. The third kappa shape index (κ3) is 6.92. The van der Waals surface area contributed by atoms with E-state index in [9.17, 15) is 4.79 Å². The maximum absolute atomic E-state index is 11.5. The highest BCUT2D eigenvalue weighted by Gasteiger charge is 2.13. The van der Waals surface area contributed by atoms with Crippen LogP contribution in [-0.4, -0.2) is 73.5 Å². The quantitative estimate of drug-likeness (QED) is 0.627. The number of carbonyl (C=O) groups excluding carboxylic acids is 1. The fraction of sp³-hybridized carbons (Fsp3) is 0.933. The third-order valence-electron chi connectivity index (χ3n) is 3.98. The second-order valence-corrected chi connectivity index (χ2v) is 5.71. The minimum Gasteiger partial charge on any atom is -0.343 e. The average molecular weight is 269 g/mol. The molecule has 0 aromatic carbocycles. The number of piperazine rings is 1. The van der Waals surface area contributed by atoms with Gasteiger partial charge >= 0.3 is 0 Å². The minimum absolute atomic E-state index is 0.230. The molecule has 1 aliphatic rings. The van der Waals surface area contributed by atoms with Crippen LogP contribution in [0.25, 0.3) is 0 Å². The Balaban J connectivity index is 2.09. The molecule has 112 valence electrons. The fourth-order valence-corrected chi connectivity index (χ4v) is 2.49. The topological polar surface area (TPSA) is 26.8 Å². The number of hydrogen-bond acceptors (Lipinski definition) is 3. The molecule has 0 radical (unpaired) electrons. The number of carbonyl (C=O) groups is 1. The first-order valence-electron chi connectivity index (χ1n) is 7.80. The normalized spacial score (nSPS) is 17.6. The lowest BCUT2D eigenvalue weighted by molar-refractivity contribution is -0.129. The number of likely N-dealkylation sites (N-methyl/N-ethyl adjacent to an activating group) is 1. The molecule has 1 rings (SSSR count). The van der Waals surface area contributed by atoms with Crippen LogP contribution in [0.5, 0.6) is 0 Å². The van der Waals surface area contributed by atoms with Crippen LogP contribution in [0, 0.1) is 0 Å². The largest absolute Gasteiger partial charge is 0.343 e. The van der Waals surface area contributed by atoms with Gasteiger partial charge in [0.1, 0.15) is 0 Å². The van der Waals surface area contributed by atoms with E-state index in [4.69, 9.17) is 0 Å². The molecule has 0 aromatic rings. The molecule has 1 amide bonds. The van der Waals surface area contributed by atoms with Gasteiger partial charge in [0.25, 0.3) is 0 Å². The Morgan fingerprint density at radius 2 is 1.68 bits per heavy atom. The summed E-state index contributed by atoms with van der Waals surface area (Å²) in [7, 11) is 2.19. The first-order chi connectivity index (χ1) is 9.13. The number of rotatable bonds is 8. The van der Waals surface area contributed by atoms with Gasteiger partial charge in [0.2, 0.25) is 5.91 Å². The summed E-state index contributed by atoms with van der Waals surface area (Å²) in [6.07, 6.45) is 4.62. The van der Waals surface area contributed by atoms with Crippen molar-refractivity contribution in [3.63, 3.8) is 0 Å². The van der Waals surface area contributed by atoms with Crippen LogP contribution in [0.15, 0.2) is 0 Å². The fourth-order valence-electron chi connectivity index (χ4n) is 2.49. The molecular formula is C15H31N3O. The molecule has 0 atom stereocenters. The average Bonchev–Trinajstić information content (AvgIpc) is 2.39. The summed E-state index contributed by atoms with van der Waals surface area (Å²) in [4.78, 5) is 18.4. The van der Waals surface area contributed by atoms with Crippen molar-refractivity contribution in [2.24, 2.45) is 0 Å². The lowest BCUT2D eigenvalue weighted by atomic mass is 10.2. The van der Waals surface area contributed by atoms with E-state index in [1.54, 1.807) is 6.92 Å². The highest BCUT2D eigenvalue weighted by molar-refractivity contribution is 5.73. The summed E-state index contributed by atoms with van der Waals surface area (Å²) in [5, 5.41) is 0. The Labute approximate surface area is 118 Å². The van der Waals surface area contributed by atoms with Gasteiger partial charge in [-0.25, -0.2) is 0 Å². The van der Waals surface area contributed by atoms with E-state index < -0.39 is 0 Å². The second kappa shape index (κ2) is 9.32. The van der Waals surface area contributed by atoms with Gasteiger partial charge < -0.3 is 14.7 Å². The number of unbranched alkanes of at least 4 members (excludes halogenated alkanes) is 2. The molecule has 1 aliphatic heterocycles. The van der Waals surface area contributed by atoms with Crippen molar-refractivity contribution in [1.82, 2.24) is 14.7 Å². The smallest absolute Gasteiger partial charge is 0.219 e. The Morgan fingerprint density at radius 1 is 1.05 bits per heavy atom. The van der Waals surface area contributed by atoms with Crippen molar-refractivity contribution in [3.8, 4) is 0 Å². The van der Waals surface area contributed by atoms with Gasteiger partial charge in [-0.15, -0.1) is 0 Å². The highest BCUT2D eigenvalue weighted by Crippen LogP contribution is 2.04. The molecule has 0 N–H and O–H groups in total. The summed E-state index contributed by atoms with van der Waals surface area (Å²) in [6, 6.07) is 0. The Kier molecular flexibility index (Phi) is 8.07. The van der Waals surface area contributed by atoms with Gasteiger partial charge in [-0.1, -0.05) is 13.3 Å². The van der Waals surface area contributed by atoms with Gasteiger partial charge in [0, 0.05) is 46.2 Å². The van der Waals surface area contributed by atoms with Crippen molar-refractivity contribution in [2.45, 2.75) is 39.5 Å². The zero-order valence-corrected chi connectivity index (χ0v) is 13.0. The molecule has 4 nitrogen and oxygen atoms in total. The maximum atomic E-state index is 11.5. The Morgan fingerprint density at radius 3 is 2.26 bits per heavy atom. The van der Waals surface area contributed by atoms with E-state index in [2.05, 4.69) is 23.8 Å². The Bertz CT molecular complexity index is 250. The summed E-state index contributed by atoms with van der Waals surface area (Å²) in [5.74, 6) is 0.230. The van der Waals surface area contributed by atoms with Crippen LogP contribution in [-0.2, 0) is 4.79 Å². The molecule has 0 aromatic heterocycles. The zero-order valence-electron chi connectivity index (χ0n) is 13.0. The molecule has 0 unspecified atom stereocenters. The van der Waals surface area contributed by atoms with Gasteiger partial charge in [0.05, 0.1) is 0 Å². The number of nitrogens with zero attached hydrogens (tertiary/aromatic N) is 3. The van der Waals surface area contributed by atoms with Gasteiger partial charge in [-0.3, -0.25) is 4.79 Å². The van der Waals surface area contributed by atoms with Gasteiger partial charge in [-0.2, -0.15) is 0 Å².